The van der Waals surface area contributed by atoms with Gasteiger partial charge in [-0.3, -0.25) is 4.79 Å². The molecule has 2 N–H and O–H groups in total. The summed E-state index contributed by atoms with van der Waals surface area (Å²) < 4.78 is 7.37. The molecule has 1 amide bonds. The topological polar surface area (TPSA) is 94.0 Å². The SMILES string of the molecule is CCOc1ccc(C2C(C(=O)Nc3ccccn3)=C(C)Nc3nc(-c4cccs4)nn32)cc1. The number of benzene rings is 1. The van der Waals surface area contributed by atoms with Crippen LogP contribution < -0.4 is 15.4 Å². The zero-order valence-corrected chi connectivity index (χ0v) is 19.0. The monoisotopic (exact) mass is 458 g/mol. The van der Waals surface area contributed by atoms with Crippen LogP contribution in [0.4, 0.5) is 11.8 Å². The number of allylic oxidation sites excluding steroid dienone is 1. The van der Waals surface area contributed by atoms with Crippen LogP contribution in [0.3, 0.4) is 0 Å². The summed E-state index contributed by atoms with van der Waals surface area (Å²) in [5.41, 5.74) is 2.15. The van der Waals surface area contributed by atoms with Crippen LogP contribution in [0.15, 0.2) is 77.4 Å². The molecule has 1 unspecified atom stereocenters. The maximum absolute atomic E-state index is 13.4. The van der Waals surface area contributed by atoms with Crippen molar-refractivity contribution in [2.45, 2.75) is 19.9 Å². The number of nitrogens with zero attached hydrogens (tertiary/aromatic N) is 4. The zero-order valence-electron chi connectivity index (χ0n) is 18.1. The van der Waals surface area contributed by atoms with Crippen LogP contribution in [0, 0.1) is 0 Å². The van der Waals surface area contributed by atoms with E-state index in [1.54, 1.807) is 34.3 Å². The fourth-order valence-electron chi connectivity index (χ4n) is 3.80. The molecule has 3 aromatic heterocycles. The van der Waals surface area contributed by atoms with E-state index in [-0.39, 0.29) is 5.91 Å². The summed E-state index contributed by atoms with van der Waals surface area (Å²) in [7, 11) is 0. The summed E-state index contributed by atoms with van der Waals surface area (Å²) in [6.45, 7) is 4.40. The fourth-order valence-corrected chi connectivity index (χ4v) is 4.45. The molecule has 1 atom stereocenters. The first-order valence-electron chi connectivity index (χ1n) is 10.6. The molecule has 1 aliphatic rings. The van der Waals surface area contributed by atoms with E-state index in [0.29, 0.717) is 35.5 Å². The molecule has 5 rings (SSSR count). The smallest absolute Gasteiger partial charge is 0.257 e. The van der Waals surface area contributed by atoms with Crippen LogP contribution in [0.2, 0.25) is 0 Å². The second-order valence-electron chi connectivity index (χ2n) is 7.42. The Morgan fingerprint density at radius 3 is 2.73 bits per heavy atom. The van der Waals surface area contributed by atoms with Crippen LogP contribution in [-0.4, -0.2) is 32.3 Å². The van der Waals surface area contributed by atoms with Gasteiger partial charge in [-0.2, -0.15) is 4.98 Å². The van der Waals surface area contributed by atoms with Crippen molar-refractivity contribution in [3.63, 3.8) is 0 Å². The number of hydrogen-bond donors (Lipinski definition) is 2. The molecule has 8 nitrogen and oxygen atoms in total. The van der Waals surface area contributed by atoms with Crippen molar-refractivity contribution < 1.29 is 9.53 Å². The van der Waals surface area contributed by atoms with E-state index in [4.69, 9.17) is 14.8 Å². The van der Waals surface area contributed by atoms with Crippen molar-refractivity contribution in [1.29, 1.82) is 0 Å². The van der Waals surface area contributed by atoms with Gasteiger partial charge in [-0.05, 0) is 55.1 Å². The second-order valence-corrected chi connectivity index (χ2v) is 8.37. The normalized spacial score (nSPS) is 15.0. The van der Waals surface area contributed by atoms with E-state index < -0.39 is 6.04 Å². The zero-order chi connectivity index (χ0) is 22.8. The van der Waals surface area contributed by atoms with E-state index >= 15 is 0 Å². The number of hydrogen-bond acceptors (Lipinski definition) is 7. The highest BCUT2D eigenvalue weighted by Crippen LogP contribution is 2.37. The maximum Gasteiger partial charge on any atom is 0.257 e. The third kappa shape index (κ3) is 4.10. The third-order valence-electron chi connectivity index (χ3n) is 5.25. The lowest BCUT2D eigenvalue weighted by atomic mass is 9.95. The average Bonchev–Trinajstić information content (AvgIpc) is 3.49. The number of carbonyl (C=O) groups is 1. The standard InChI is InChI=1S/C24H22N6O2S/c1-3-32-17-11-9-16(10-12-17)21-20(23(31)27-19-8-4-5-13-25-19)15(2)26-24-28-22(29-30(21)24)18-7-6-14-33-18/h4-14,21H,3H2,1-2H3,(H,25,27,31)(H,26,28,29). The quantitative estimate of drug-likeness (QED) is 0.434. The van der Waals surface area contributed by atoms with Gasteiger partial charge in [0, 0.05) is 11.9 Å². The molecule has 4 aromatic rings. The number of nitrogens with one attached hydrogen (secondary N) is 2. The minimum Gasteiger partial charge on any atom is -0.494 e. The molecule has 0 spiro atoms. The summed E-state index contributed by atoms with van der Waals surface area (Å²) in [5.74, 6) is 2.20. The largest absolute Gasteiger partial charge is 0.494 e. The van der Waals surface area contributed by atoms with Crippen LogP contribution in [-0.2, 0) is 4.79 Å². The predicted octanol–water partition coefficient (Wildman–Crippen LogP) is 4.73. The van der Waals surface area contributed by atoms with Gasteiger partial charge in [0.2, 0.25) is 5.95 Å². The molecular weight excluding hydrogens is 436 g/mol. The van der Waals surface area contributed by atoms with Gasteiger partial charge in [-0.1, -0.05) is 24.3 Å². The summed E-state index contributed by atoms with van der Waals surface area (Å²) in [5, 5.41) is 12.9. The lowest BCUT2D eigenvalue weighted by Gasteiger charge is -2.28. The summed E-state index contributed by atoms with van der Waals surface area (Å²) >= 11 is 1.57. The van der Waals surface area contributed by atoms with E-state index in [1.165, 1.54) is 0 Å². The number of anilines is 2. The summed E-state index contributed by atoms with van der Waals surface area (Å²) in [6, 6.07) is 16.6. The molecule has 0 bridgehead atoms. The van der Waals surface area contributed by atoms with Gasteiger partial charge < -0.3 is 15.4 Å². The number of fused-ring (bicyclic) bond motifs is 1. The average molecular weight is 459 g/mol. The highest BCUT2D eigenvalue weighted by atomic mass is 32.1. The van der Waals surface area contributed by atoms with Gasteiger partial charge in [0.05, 0.1) is 17.1 Å². The van der Waals surface area contributed by atoms with Crippen molar-refractivity contribution in [3.05, 3.63) is 83.0 Å². The predicted molar refractivity (Wildman–Crippen MR) is 128 cm³/mol. The Balaban J connectivity index is 1.58. The molecule has 4 heterocycles. The molecule has 1 aromatic carbocycles. The third-order valence-corrected chi connectivity index (χ3v) is 6.12. The van der Waals surface area contributed by atoms with Crippen LogP contribution >= 0.6 is 11.3 Å². The number of rotatable bonds is 6. The molecule has 0 saturated carbocycles. The number of thiophene rings is 1. The van der Waals surface area contributed by atoms with Gasteiger partial charge in [0.1, 0.15) is 17.6 Å². The molecular formula is C24H22N6O2S. The Morgan fingerprint density at radius 1 is 1.18 bits per heavy atom. The first-order valence-corrected chi connectivity index (χ1v) is 11.5. The second kappa shape index (κ2) is 8.87. The van der Waals surface area contributed by atoms with Gasteiger partial charge in [-0.15, -0.1) is 16.4 Å². The van der Waals surface area contributed by atoms with Gasteiger partial charge in [0.15, 0.2) is 5.82 Å². The number of carbonyl (C=O) groups excluding carboxylic acids is 1. The minimum absolute atomic E-state index is 0.253. The fraction of sp³-hybridized carbons (Fsp3) is 0.167. The molecule has 0 saturated heterocycles. The van der Waals surface area contributed by atoms with E-state index in [9.17, 15) is 4.79 Å². The summed E-state index contributed by atoms with van der Waals surface area (Å²) in [4.78, 5) is 23.3. The van der Waals surface area contributed by atoms with Crippen molar-refractivity contribution in [2.24, 2.45) is 0 Å². The minimum atomic E-state index is -0.471. The lowest BCUT2D eigenvalue weighted by molar-refractivity contribution is -0.113. The van der Waals surface area contributed by atoms with E-state index in [2.05, 4.69) is 15.6 Å². The Bertz CT molecular complexity index is 1300. The Kier molecular flexibility index (Phi) is 5.62. The molecule has 0 aliphatic carbocycles. The highest BCUT2D eigenvalue weighted by molar-refractivity contribution is 7.13. The van der Waals surface area contributed by atoms with Crippen molar-refractivity contribution >= 4 is 29.0 Å². The van der Waals surface area contributed by atoms with Crippen molar-refractivity contribution in [3.8, 4) is 16.5 Å². The highest BCUT2D eigenvalue weighted by Gasteiger charge is 2.34. The Hall–Kier alpha value is -3.98. The summed E-state index contributed by atoms with van der Waals surface area (Å²) in [6.07, 6.45) is 1.64. The van der Waals surface area contributed by atoms with E-state index in [1.807, 2.05) is 61.7 Å². The van der Waals surface area contributed by atoms with Crippen LogP contribution in [0.1, 0.15) is 25.5 Å². The molecule has 1 aliphatic heterocycles. The number of amides is 1. The number of aromatic nitrogens is 4. The van der Waals surface area contributed by atoms with Crippen LogP contribution in [0.25, 0.3) is 10.7 Å². The first kappa shape index (κ1) is 20.9. The number of pyridine rings is 1. The molecule has 0 fully saturated rings. The lowest BCUT2D eigenvalue weighted by Crippen LogP contribution is -2.31. The van der Waals surface area contributed by atoms with Crippen molar-refractivity contribution in [2.75, 3.05) is 17.2 Å². The van der Waals surface area contributed by atoms with Gasteiger partial charge >= 0.3 is 0 Å². The van der Waals surface area contributed by atoms with Crippen molar-refractivity contribution in [1.82, 2.24) is 19.7 Å². The van der Waals surface area contributed by atoms with Gasteiger partial charge in [-0.25, -0.2) is 9.67 Å². The number of ether oxygens (including phenoxy) is 1. The Labute approximate surface area is 195 Å². The molecule has 0 radical (unpaired) electrons. The van der Waals surface area contributed by atoms with E-state index in [0.717, 1.165) is 16.2 Å². The molecule has 166 valence electrons. The molecule has 33 heavy (non-hydrogen) atoms. The maximum atomic E-state index is 13.4. The molecule has 9 heteroatoms. The Morgan fingerprint density at radius 2 is 2.03 bits per heavy atom. The first-order chi connectivity index (χ1) is 16.1. The van der Waals surface area contributed by atoms with Gasteiger partial charge in [0.25, 0.3) is 5.91 Å². The van der Waals surface area contributed by atoms with Crippen LogP contribution in [0.5, 0.6) is 5.75 Å².